The van der Waals surface area contributed by atoms with E-state index >= 15 is 8.78 Å². The zero-order valence-electron chi connectivity index (χ0n) is 25.0. The molecular weight excluding hydrogens is 535 g/mol. The Morgan fingerprint density at radius 1 is 1.05 bits per heavy atom. The van der Waals surface area contributed by atoms with Crippen molar-refractivity contribution in [2.24, 2.45) is 39.6 Å². The highest BCUT2D eigenvalue weighted by molar-refractivity contribution is 6.05. The molecule has 12 heteroatoms. The van der Waals surface area contributed by atoms with E-state index in [-0.39, 0.29) is 42.8 Å². The molecule has 4 aliphatic rings. The highest BCUT2D eigenvalue weighted by Gasteiger charge is 2.44. The van der Waals surface area contributed by atoms with Gasteiger partial charge in [-0.15, -0.1) is 0 Å². The second-order valence-corrected chi connectivity index (χ2v) is 13.7. The van der Waals surface area contributed by atoms with Gasteiger partial charge in [-0.1, -0.05) is 27.7 Å². The molecule has 0 aromatic carbocycles. The molecule has 4 rings (SSSR count). The van der Waals surface area contributed by atoms with Crippen LogP contribution in [0.4, 0.5) is 13.2 Å². The van der Waals surface area contributed by atoms with Gasteiger partial charge in [0.1, 0.15) is 24.4 Å². The average molecular weight is 586 g/mol. The number of amides is 2. The molecule has 0 radical (unpaired) electrons. The van der Waals surface area contributed by atoms with Crippen LogP contribution >= 0.6 is 0 Å². The molecule has 6 N–H and O–H groups in total. The third kappa shape index (κ3) is 7.61. The molecule has 6 atom stereocenters. The molecule has 0 aliphatic carbocycles. The summed E-state index contributed by atoms with van der Waals surface area (Å²) in [6.45, 7) is 9.76. The van der Waals surface area contributed by atoms with Gasteiger partial charge in [0.25, 0.3) is 0 Å². The third-order valence-corrected chi connectivity index (χ3v) is 9.41. The van der Waals surface area contributed by atoms with Gasteiger partial charge in [-0.3, -0.25) is 19.5 Å². The number of nitrogens with two attached hydrogens (primary N) is 2. The molecule has 0 aromatic heterocycles. The number of rotatable bonds is 7. The Hall–Kier alpha value is -1.76. The summed E-state index contributed by atoms with van der Waals surface area (Å²) in [5.41, 5.74) is 12.6. The molecule has 0 spiro atoms. The quantitative estimate of drug-likeness (QED) is 0.336. The number of likely N-dealkylation sites (tertiary alicyclic amines) is 2. The first-order valence-corrected chi connectivity index (χ1v) is 15.3. The van der Waals surface area contributed by atoms with Crippen LogP contribution in [0.25, 0.3) is 0 Å². The third-order valence-electron chi connectivity index (χ3n) is 9.41. The number of alkyl halides is 3. The lowest BCUT2D eigenvalue weighted by Gasteiger charge is -2.46. The predicted octanol–water partition coefficient (Wildman–Crippen LogP) is 1.55. The molecule has 0 aromatic rings. The van der Waals surface area contributed by atoms with Crippen molar-refractivity contribution in [1.82, 2.24) is 20.4 Å². The first kappa shape index (κ1) is 32.2. The van der Waals surface area contributed by atoms with E-state index in [1.807, 2.05) is 32.6 Å². The maximum absolute atomic E-state index is 15.4. The van der Waals surface area contributed by atoms with Gasteiger partial charge in [0.05, 0.1) is 37.4 Å². The second kappa shape index (κ2) is 13.3. The molecule has 41 heavy (non-hydrogen) atoms. The van der Waals surface area contributed by atoms with E-state index in [0.29, 0.717) is 57.5 Å². The van der Waals surface area contributed by atoms with Crippen LogP contribution in [-0.4, -0.2) is 109 Å². The van der Waals surface area contributed by atoms with Crippen molar-refractivity contribution >= 4 is 17.5 Å². The van der Waals surface area contributed by atoms with Crippen LogP contribution in [0, 0.1) is 23.2 Å². The van der Waals surface area contributed by atoms with Gasteiger partial charge >= 0.3 is 0 Å². The van der Waals surface area contributed by atoms with E-state index in [0.717, 1.165) is 0 Å². The van der Waals surface area contributed by atoms with E-state index in [1.165, 1.54) is 0 Å². The summed E-state index contributed by atoms with van der Waals surface area (Å²) in [7, 11) is 0. The van der Waals surface area contributed by atoms with E-state index < -0.39 is 54.6 Å². The van der Waals surface area contributed by atoms with Crippen molar-refractivity contribution in [1.29, 1.82) is 0 Å². The number of carbonyl (C=O) groups is 2. The normalized spacial score (nSPS) is 33.1. The van der Waals surface area contributed by atoms with E-state index in [9.17, 15) is 14.0 Å². The number of hydrogen-bond donors (Lipinski definition) is 4. The topological polar surface area (TPSA) is 129 Å². The SMILES string of the molecule is CC(C)C1N=C(C(C(=O)NC2CNCC(F)C2N2CCC(C(=O)N3CC(F)C3)CC2)C(N)N)CC(C)(C)CCC1F. The Kier molecular flexibility index (Phi) is 10.4. The van der Waals surface area contributed by atoms with Crippen molar-refractivity contribution in [2.75, 3.05) is 39.3 Å². The summed E-state index contributed by atoms with van der Waals surface area (Å²) in [6, 6.07) is -1.73. The lowest BCUT2D eigenvalue weighted by atomic mass is 9.76. The van der Waals surface area contributed by atoms with E-state index in [2.05, 4.69) is 10.6 Å². The highest BCUT2D eigenvalue weighted by Crippen LogP contribution is 2.35. The molecule has 3 fully saturated rings. The first-order valence-electron chi connectivity index (χ1n) is 15.3. The minimum atomic E-state index is -1.23. The Balaban J connectivity index is 1.48. The molecule has 6 unspecified atom stereocenters. The molecule has 234 valence electrons. The standard InChI is InChI=1S/C29H50F3N7O2/c1-16(2)24-19(31)5-8-29(3,4)11-21(36-24)23(26(33)34)27(40)37-22-13-35-12-20(32)25(22)38-9-6-17(7-10-38)28(41)39-14-18(30)15-39/h16-20,22-26,35H,5-15,33-34H2,1-4H3,(H,37,40). The molecule has 0 bridgehead atoms. The summed E-state index contributed by atoms with van der Waals surface area (Å²) in [4.78, 5) is 34.9. The number of nitrogens with zero attached hydrogens (tertiary/aromatic N) is 3. The summed E-state index contributed by atoms with van der Waals surface area (Å²) in [5, 5.41) is 6.11. The number of hydrogen-bond acceptors (Lipinski definition) is 7. The van der Waals surface area contributed by atoms with Crippen LogP contribution in [0.1, 0.15) is 59.8 Å². The number of piperidine rings is 2. The number of aliphatic imine (C=N–C) groups is 1. The maximum atomic E-state index is 15.4. The Bertz CT molecular complexity index is 951. The lowest BCUT2D eigenvalue weighted by molar-refractivity contribution is -0.144. The molecule has 2 amide bonds. The van der Waals surface area contributed by atoms with Crippen LogP contribution in [0.15, 0.2) is 4.99 Å². The Morgan fingerprint density at radius 2 is 1.71 bits per heavy atom. The fourth-order valence-electron chi connectivity index (χ4n) is 6.97. The number of halogens is 3. The fourth-order valence-corrected chi connectivity index (χ4v) is 6.97. The summed E-state index contributed by atoms with van der Waals surface area (Å²) < 4.78 is 43.9. The maximum Gasteiger partial charge on any atom is 0.232 e. The molecule has 3 saturated heterocycles. The van der Waals surface area contributed by atoms with Gasteiger partial charge in [0.2, 0.25) is 11.8 Å². The van der Waals surface area contributed by atoms with Crippen LogP contribution in [-0.2, 0) is 9.59 Å². The van der Waals surface area contributed by atoms with Crippen molar-refractivity contribution in [2.45, 2.75) is 103 Å². The second-order valence-electron chi connectivity index (χ2n) is 13.7. The molecule has 9 nitrogen and oxygen atoms in total. The van der Waals surface area contributed by atoms with Crippen molar-refractivity contribution in [3.8, 4) is 0 Å². The average Bonchev–Trinajstić information content (AvgIpc) is 2.87. The summed E-state index contributed by atoms with van der Waals surface area (Å²) >= 11 is 0. The van der Waals surface area contributed by atoms with Crippen molar-refractivity contribution in [3.05, 3.63) is 0 Å². The molecule has 0 saturated carbocycles. The minimum Gasteiger partial charge on any atom is -0.350 e. The van der Waals surface area contributed by atoms with Gasteiger partial charge in [0.15, 0.2) is 0 Å². The van der Waals surface area contributed by atoms with E-state index in [1.54, 1.807) is 4.90 Å². The predicted molar refractivity (Wildman–Crippen MR) is 153 cm³/mol. The van der Waals surface area contributed by atoms with Crippen molar-refractivity contribution in [3.63, 3.8) is 0 Å². The Labute approximate surface area is 242 Å². The highest BCUT2D eigenvalue weighted by atomic mass is 19.1. The summed E-state index contributed by atoms with van der Waals surface area (Å²) in [6.07, 6.45) is -1.72. The molecule has 4 heterocycles. The van der Waals surface area contributed by atoms with Gasteiger partial charge in [-0.05, 0) is 56.5 Å². The largest absolute Gasteiger partial charge is 0.350 e. The zero-order chi connectivity index (χ0) is 30.1. The summed E-state index contributed by atoms with van der Waals surface area (Å²) in [5.74, 6) is -1.68. The van der Waals surface area contributed by atoms with E-state index in [4.69, 9.17) is 16.5 Å². The van der Waals surface area contributed by atoms with Crippen molar-refractivity contribution < 1.29 is 22.8 Å². The van der Waals surface area contributed by atoms with Crippen LogP contribution in [0.2, 0.25) is 0 Å². The van der Waals surface area contributed by atoms with Gasteiger partial charge in [-0.25, -0.2) is 13.2 Å². The van der Waals surface area contributed by atoms with Crippen LogP contribution < -0.4 is 22.1 Å². The zero-order valence-corrected chi connectivity index (χ0v) is 25.0. The lowest BCUT2D eigenvalue weighted by Crippen LogP contribution is -2.67. The number of carbonyl (C=O) groups excluding carboxylic acids is 2. The van der Waals surface area contributed by atoms with Crippen LogP contribution in [0.3, 0.4) is 0 Å². The minimum absolute atomic E-state index is 0.0246. The molecular formula is C29H50F3N7O2. The van der Waals surface area contributed by atoms with Gasteiger partial charge < -0.3 is 27.0 Å². The Morgan fingerprint density at radius 3 is 2.29 bits per heavy atom. The monoisotopic (exact) mass is 585 g/mol. The smallest absolute Gasteiger partial charge is 0.232 e. The molecule has 4 aliphatic heterocycles. The van der Waals surface area contributed by atoms with Gasteiger partial charge in [-0.2, -0.15) is 0 Å². The van der Waals surface area contributed by atoms with Crippen LogP contribution in [0.5, 0.6) is 0 Å². The fraction of sp³-hybridized carbons (Fsp3) is 0.897. The number of nitrogens with one attached hydrogen (secondary N) is 2. The first-order chi connectivity index (χ1) is 19.3. The van der Waals surface area contributed by atoms with Gasteiger partial charge in [0, 0.05) is 24.7 Å².